The van der Waals surface area contributed by atoms with E-state index in [1.54, 1.807) is 0 Å². The first-order chi connectivity index (χ1) is 7.74. The Kier molecular flexibility index (Phi) is 7.45. The molecule has 4 heteroatoms. The maximum absolute atomic E-state index is 3.59. The van der Waals surface area contributed by atoms with Crippen molar-refractivity contribution in [3.8, 4) is 0 Å². The van der Waals surface area contributed by atoms with E-state index >= 15 is 0 Å². The Bertz CT molecular complexity index is 178. The summed E-state index contributed by atoms with van der Waals surface area (Å²) < 4.78 is 0. The fraction of sp³-hybridized carbons (Fsp3) is 1.00. The third-order valence-corrected chi connectivity index (χ3v) is 4.01. The summed E-state index contributed by atoms with van der Waals surface area (Å²) >= 11 is 1.95. The first-order valence-electron chi connectivity index (χ1n) is 6.32. The molecule has 16 heavy (non-hydrogen) atoms. The molecule has 1 saturated heterocycles. The second-order valence-electron chi connectivity index (χ2n) is 4.80. The molecule has 0 aliphatic carbocycles. The van der Waals surface area contributed by atoms with Gasteiger partial charge in [0.25, 0.3) is 0 Å². The van der Waals surface area contributed by atoms with Gasteiger partial charge in [0.2, 0.25) is 0 Å². The molecule has 1 rings (SSSR count). The number of unbranched alkanes of at least 4 members (excludes halogenated alkanes) is 1. The van der Waals surface area contributed by atoms with Crippen LogP contribution >= 0.6 is 11.8 Å². The van der Waals surface area contributed by atoms with Crippen molar-refractivity contribution in [3.63, 3.8) is 0 Å². The molecule has 0 radical (unpaired) electrons. The van der Waals surface area contributed by atoms with Crippen LogP contribution in [0.4, 0.5) is 0 Å². The molecule has 0 spiro atoms. The largest absolute Gasteiger partial charge is 0.315 e. The van der Waals surface area contributed by atoms with Crippen LogP contribution in [0.25, 0.3) is 0 Å². The highest BCUT2D eigenvalue weighted by atomic mass is 32.2. The predicted molar refractivity (Wildman–Crippen MR) is 74.4 cm³/mol. The van der Waals surface area contributed by atoms with Gasteiger partial charge >= 0.3 is 0 Å². The van der Waals surface area contributed by atoms with Crippen molar-refractivity contribution in [2.75, 3.05) is 58.8 Å². The summed E-state index contributed by atoms with van der Waals surface area (Å²) in [5.74, 6) is 1.30. The fourth-order valence-corrected chi connectivity index (χ4v) is 2.58. The Labute approximate surface area is 105 Å². The first kappa shape index (κ1) is 14.3. The second-order valence-corrected chi connectivity index (χ2v) is 5.79. The lowest BCUT2D eigenvalue weighted by molar-refractivity contribution is 0.113. The standard InChI is InChI=1S/C12H27N3S/c1-14-7-8-15(2)12(11-14)10-13-6-4-5-9-16-3/h12-13H,4-11H2,1-3H3. The van der Waals surface area contributed by atoms with Crippen molar-refractivity contribution in [3.05, 3.63) is 0 Å². The van der Waals surface area contributed by atoms with Gasteiger partial charge in [-0.25, -0.2) is 0 Å². The van der Waals surface area contributed by atoms with E-state index in [1.165, 1.54) is 44.8 Å². The molecule has 1 aliphatic heterocycles. The van der Waals surface area contributed by atoms with E-state index in [9.17, 15) is 0 Å². The molecule has 1 aliphatic rings. The number of likely N-dealkylation sites (N-methyl/N-ethyl adjacent to an activating group) is 2. The lowest BCUT2D eigenvalue weighted by Gasteiger charge is -2.37. The van der Waals surface area contributed by atoms with Gasteiger partial charge < -0.3 is 10.2 Å². The van der Waals surface area contributed by atoms with Crippen LogP contribution < -0.4 is 5.32 Å². The Morgan fingerprint density at radius 3 is 2.81 bits per heavy atom. The molecule has 0 aromatic rings. The van der Waals surface area contributed by atoms with Crippen molar-refractivity contribution in [1.29, 1.82) is 0 Å². The fourth-order valence-electron chi connectivity index (χ4n) is 2.09. The van der Waals surface area contributed by atoms with Gasteiger partial charge in [0.1, 0.15) is 0 Å². The predicted octanol–water partition coefficient (Wildman–Crippen LogP) is 0.965. The number of piperazine rings is 1. The smallest absolute Gasteiger partial charge is 0.0345 e. The molecule has 0 bridgehead atoms. The van der Waals surface area contributed by atoms with E-state index in [1.807, 2.05) is 11.8 Å². The minimum absolute atomic E-state index is 0.694. The number of rotatable bonds is 7. The van der Waals surface area contributed by atoms with Gasteiger partial charge in [-0.3, -0.25) is 4.90 Å². The highest BCUT2D eigenvalue weighted by molar-refractivity contribution is 7.98. The normalized spacial score (nSPS) is 23.8. The molecule has 0 aromatic carbocycles. The number of nitrogens with zero attached hydrogens (tertiary/aromatic N) is 2. The van der Waals surface area contributed by atoms with E-state index < -0.39 is 0 Å². The second kappa shape index (κ2) is 8.34. The molecular formula is C12H27N3S. The molecule has 1 unspecified atom stereocenters. The van der Waals surface area contributed by atoms with E-state index in [4.69, 9.17) is 0 Å². The molecule has 1 fully saturated rings. The van der Waals surface area contributed by atoms with Crippen LogP contribution in [0.15, 0.2) is 0 Å². The van der Waals surface area contributed by atoms with Gasteiger partial charge in [-0.15, -0.1) is 0 Å². The van der Waals surface area contributed by atoms with Gasteiger partial charge in [-0.2, -0.15) is 11.8 Å². The maximum atomic E-state index is 3.59. The molecular weight excluding hydrogens is 218 g/mol. The van der Waals surface area contributed by atoms with Crippen molar-refractivity contribution in [2.45, 2.75) is 18.9 Å². The van der Waals surface area contributed by atoms with E-state index in [0.29, 0.717) is 6.04 Å². The highest BCUT2D eigenvalue weighted by Gasteiger charge is 2.21. The van der Waals surface area contributed by atoms with Crippen LogP contribution in [0.1, 0.15) is 12.8 Å². The van der Waals surface area contributed by atoms with Gasteiger partial charge in [-0.05, 0) is 45.5 Å². The molecule has 0 aromatic heterocycles. The van der Waals surface area contributed by atoms with Crippen LogP contribution in [0.2, 0.25) is 0 Å². The van der Waals surface area contributed by atoms with E-state index in [2.05, 4.69) is 35.5 Å². The lowest BCUT2D eigenvalue weighted by atomic mass is 10.2. The van der Waals surface area contributed by atoms with Crippen LogP contribution in [-0.2, 0) is 0 Å². The molecule has 96 valence electrons. The minimum Gasteiger partial charge on any atom is -0.315 e. The van der Waals surface area contributed by atoms with Gasteiger partial charge in [0.15, 0.2) is 0 Å². The first-order valence-corrected chi connectivity index (χ1v) is 7.72. The Morgan fingerprint density at radius 1 is 1.25 bits per heavy atom. The summed E-state index contributed by atoms with van der Waals surface area (Å²) in [7, 11) is 4.46. The average molecular weight is 245 g/mol. The molecule has 0 amide bonds. The quantitative estimate of drug-likeness (QED) is 0.673. The van der Waals surface area contributed by atoms with Crippen molar-refractivity contribution >= 4 is 11.8 Å². The summed E-state index contributed by atoms with van der Waals surface area (Å²) in [6.07, 6.45) is 4.84. The molecule has 1 atom stereocenters. The SMILES string of the molecule is CSCCCCNCC1CN(C)CCN1C. The maximum Gasteiger partial charge on any atom is 0.0345 e. The van der Waals surface area contributed by atoms with Crippen molar-refractivity contribution in [1.82, 2.24) is 15.1 Å². The monoisotopic (exact) mass is 245 g/mol. The van der Waals surface area contributed by atoms with E-state index in [0.717, 1.165) is 6.54 Å². The van der Waals surface area contributed by atoms with Crippen LogP contribution in [-0.4, -0.2) is 74.7 Å². The summed E-state index contributed by atoms with van der Waals surface area (Å²) in [5, 5.41) is 3.59. The number of hydrogen-bond donors (Lipinski definition) is 1. The average Bonchev–Trinajstić information content (AvgIpc) is 2.28. The number of hydrogen-bond acceptors (Lipinski definition) is 4. The molecule has 1 heterocycles. The zero-order valence-electron chi connectivity index (χ0n) is 11.0. The zero-order chi connectivity index (χ0) is 11.8. The molecule has 0 saturated carbocycles. The summed E-state index contributed by atoms with van der Waals surface area (Å²) in [6, 6.07) is 0.694. The third-order valence-electron chi connectivity index (χ3n) is 3.31. The topological polar surface area (TPSA) is 18.5 Å². The Morgan fingerprint density at radius 2 is 2.06 bits per heavy atom. The van der Waals surface area contributed by atoms with Crippen LogP contribution in [0.5, 0.6) is 0 Å². The van der Waals surface area contributed by atoms with E-state index in [-0.39, 0.29) is 0 Å². The third kappa shape index (κ3) is 5.53. The number of thioether (sulfide) groups is 1. The summed E-state index contributed by atoms with van der Waals surface area (Å²) in [6.45, 7) is 5.93. The van der Waals surface area contributed by atoms with Gasteiger partial charge in [0.05, 0.1) is 0 Å². The Hall–Kier alpha value is 0.230. The molecule has 1 N–H and O–H groups in total. The number of nitrogens with one attached hydrogen (secondary N) is 1. The Balaban J connectivity index is 2.02. The van der Waals surface area contributed by atoms with Gasteiger partial charge in [-0.1, -0.05) is 0 Å². The van der Waals surface area contributed by atoms with Gasteiger partial charge in [0, 0.05) is 32.2 Å². The van der Waals surface area contributed by atoms with Crippen LogP contribution in [0.3, 0.4) is 0 Å². The lowest BCUT2D eigenvalue weighted by Crippen LogP contribution is -2.53. The zero-order valence-corrected chi connectivity index (χ0v) is 11.9. The van der Waals surface area contributed by atoms with Crippen molar-refractivity contribution in [2.24, 2.45) is 0 Å². The minimum atomic E-state index is 0.694. The highest BCUT2D eigenvalue weighted by Crippen LogP contribution is 2.04. The summed E-state index contributed by atoms with van der Waals surface area (Å²) in [4.78, 5) is 4.91. The summed E-state index contributed by atoms with van der Waals surface area (Å²) in [5.41, 5.74) is 0. The molecule has 3 nitrogen and oxygen atoms in total. The van der Waals surface area contributed by atoms with Crippen LogP contribution in [0, 0.1) is 0 Å². The van der Waals surface area contributed by atoms with Crippen molar-refractivity contribution < 1.29 is 0 Å².